The van der Waals surface area contributed by atoms with E-state index in [0.717, 1.165) is 25.9 Å². The van der Waals surface area contributed by atoms with Gasteiger partial charge in [0.1, 0.15) is 0 Å². The number of nitrogens with two attached hydrogens (primary N) is 1. The van der Waals surface area contributed by atoms with E-state index >= 15 is 0 Å². The van der Waals surface area contributed by atoms with Crippen LogP contribution in [-0.4, -0.2) is 41.3 Å². The van der Waals surface area contributed by atoms with Crippen molar-refractivity contribution >= 4 is 0 Å². The van der Waals surface area contributed by atoms with Crippen LogP contribution in [0.3, 0.4) is 0 Å². The molecule has 0 bridgehead atoms. The fourth-order valence-corrected chi connectivity index (χ4v) is 1.83. The maximum atomic E-state index is 9.85. The lowest BCUT2D eigenvalue weighted by Crippen LogP contribution is -2.43. The van der Waals surface area contributed by atoms with Crippen LogP contribution in [0.15, 0.2) is 0 Å². The van der Waals surface area contributed by atoms with Gasteiger partial charge in [-0.2, -0.15) is 0 Å². The second-order valence-electron chi connectivity index (χ2n) is 4.38. The van der Waals surface area contributed by atoms with Gasteiger partial charge in [0.15, 0.2) is 0 Å². The monoisotopic (exact) mass is 202 g/mol. The van der Waals surface area contributed by atoms with Crippen LogP contribution in [0.25, 0.3) is 0 Å². The number of nitrogens with zero attached hydrogens (tertiary/aromatic N) is 1. The minimum Gasteiger partial charge on any atom is -0.389 e. The lowest BCUT2D eigenvalue weighted by molar-refractivity contribution is 0.0297. The van der Waals surface area contributed by atoms with Crippen molar-refractivity contribution in [2.45, 2.75) is 52.2 Å². The van der Waals surface area contributed by atoms with E-state index in [0.29, 0.717) is 12.6 Å². The highest BCUT2D eigenvalue weighted by molar-refractivity contribution is 4.80. The van der Waals surface area contributed by atoms with Gasteiger partial charge in [-0.1, -0.05) is 13.8 Å². The van der Waals surface area contributed by atoms with Gasteiger partial charge >= 0.3 is 0 Å². The Labute approximate surface area is 88.3 Å². The van der Waals surface area contributed by atoms with Crippen LogP contribution in [0.5, 0.6) is 0 Å². The van der Waals surface area contributed by atoms with E-state index in [1.807, 2.05) is 6.92 Å². The Morgan fingerprint density at radius 1 is 1.43 bits per heavy atom. The van der Waals surface area contributed by atoms with Gasteiger partial charge in [-0.25, -0.2) is 0 Å². The van der Waals surface area contributed by atoms with Crippen LogP contribution in [0, 0.1) is 0 Å². The van der Waals surface area contributed by atoms with Gasteiger partial charge in [0.05, 0.1) is 5.60 Å². The smallest absolute Gasteiger partial charge is 0.0756 e. The third-order valence-corrected chi connectivity index (χ3v) is 2.72. The highest BCUT2D eigenvalue weighted by atomic mass is 16.3. The van der Waals surface area contributed by atoms with Gasteiger partial charge in [-0.05, 0) is 39.8 Å². The molecule has 0 spiro atoms. The second kappa shape index (κ2) is 6.38. The average Bonchev–Trinajstić information content (AvgIpc) is 2.13. The molecule has 0 aliphatic heterocycles. The van der Waals surface area contributed by atoms with Gasteiger partial charge in [0, 0.05) is 12.6 Å². The second-order valence-corrected chi connectivity index (χ2v) is 4.38. The van der Waals surface area contributed by atoms with Crippen LogP contribution in [0.1, 0.15) is 40.5 Å². The van der Waals surface area contributed by atoms with Crippen LogP contribution in [-0.2, 0) is 0 Å². The van der Waals surface area contributed by atoms with E-state index in [1.165, 1.54) is 0 Å². The Balaban J connectivity index is 4.09. The molecule has 0 aromatic rings. The van der Waals surface area contributed by atoms with E-state index in [4.69, 9.17) is 5.73 Å². The molecule has 86 valence electrons. The summed E-state index contributed by atoms with van der Waals surface area (Å²) in [6.45, 7) is 10.8. The largest absolute Gasteiger partial charge is 0.389 e. The minimum absolute atomic E-state index is 0.334. The van der Waals surface area contributed by atoms with Crippen molar-refractivity contribution in [3.63, 3.8) is 0 Å². The van der Waals surface area contributed by atoms with Crippen molar-refractivity contribution in [3.05, 3.63) is 0 Å². The molecule has 3 nitrogen and oxygen atoms in total. The van der Waals surface area contributed by atoms with Gasteiger partial charge in [0.2, 0.25) is 0 Å². The molecule has 0 aliphatic rings. The summed E-state index contributed by atoms with van der Waals surface area (Å²) in [4.78, 5) is 2.38. The maximum Gasteiger partial charge on any atom is 0.0756 e. The summed E-state index contributed by atoms with van der Waals surface area (Å²) in [6.07, 6.45) is 1.90. The first-order valence-corrected chi connectivity index (χ1v) is 5.63. The molecule has 0 saturated heterocycles. The van der Waals surface area contributed by atoms with Crippen molar-refractivity contribution in [1.82, 2.24) is 4.90 Å². The Morgan fingerprint density at radius 2 is 2.00 bits per heavy atom. The van der Waals surface area contributed by atoms with Crippen molar-refractivity contribution < 1.29 is 5.11 Å². The minimum atomic E-state index is -0.722. The molecule has 0 amide bonds. The van der Waals surface area contributed by atoms with Crippen LogP contribution in [0.2, 0.25) is 0 Å². The lowest BCUT2D eigenvalue weighted by Gasteiger charge is -2.32. The van der Waals surface area contributed by atoms with E-state index in [1.54, 1.807) is 0 Å². The van der Waals surface area contributed by atoms with Crippen LogP contribution < -0.4 is 5.73 Å². The van der Waals surface area contributed by atoms with Gasteiger partial charge in [0.25, 0.3) is 0 Å². The zero-order valence-corrected chi connectivity index (χ0v) is 10.1. The third kappa shape index (κ3) is 4.94. The van der Waals surface area contributed by atoms with Crippen LogP contribution in [0.4, 0.5) is 0 Å². The van der Waals surface area contributed by atoms with Crippen molar-refractivity contribution in [2.75, 3.05) is 19.6 Å². The highest BCUT2D eigenvalue weighted by Gasteiger charge is 2.23. The number of hydrogen-bond acceptors (Lipinski definition) is 3. The zero-order chi connectivity index (χ0) is 11.2. The van der Waals surface area contributed by atoms with Crippen molar-refractivity contribution in [1.29, 1.82) is 0 Å². The predicted molar refractivity (Wildman–Crippen MR) is 61.3 cm³/mol. The molecule has 2 atom stereocenters. The summed E-state index contributed by atoms with van der Waals surface area (Å²) in [5.41, 5.74) is 4.78. The third-order valence-electron chi connectivity index (χ3n) is 2.72. The molecular weight excluding hydrogens is 176 g/mol. The molecule has 3 heteroatoms. The number of rotatable bonds is 7. The fraction of sp³-hybridized carbons (Fsp3) is 1.00. The summed E-state index contributed by atoms with van der Waals surface area (Å²) >= 11 is 0. The van der Waals surface area contributed by atoms with E-state index < -0.39 is 5.60 Å². The molecule has 0 radical (unpaired) electrons. The number of aliphatic hydroxyl groups is 1. The standard InChI is InChI=1S/C11H26N2O/c1-5-7-13(6-2)10(3)8-11(4,14)9-12/h10,14H,5-9,12H2,1-4H3. The highest BCUT2D eigenvalue weighted by Crippen LogP contribution is 2.15. The summed E-state index contributed by atoms with van der Waals surface area (Å²) in [6, 6.07) is 0.401. The fourth-order valence-electron chi connectivity index (χ4n) is 1.83. The molecule has 2 unspecified atom stereocenters. The topological polar surface area (TPSA) is 49.5 Å². The Kier molecular flexibility index (Phi) is 6.33. The van der Waals surface area contributed by atoms with Gasteiger partial charge < -0.3 is 15.7 Å². The van der Waals surface area contributed by atoms with E-state index in [9.17, 15) is 5.11 Å². The predicted octanol–water partition coefficient (Wildman–Crippen LogP) is 1.21. The molecule has 0 saturated carbocycles. The van der Waals surface area contributed by atoms with Gasteiger partial charge in [-0.15, -0.1) is 0 Å². The van der Waals surface area contributed by atoms with E-state index in [-0.39, 0.29) is 0 Å². The van der Waals surface area contributed by atoms with Crippen molar-refractivity contribution in [3.8, 4) is 0 Å². The molecule has 0 rings (SSSR count). The maximum absolute atomic E-state index is 9.85. The molecule has 14 heavy (non-hydrogen) atoms. The molecule has 3 N–H and O–H groups in total. The van der Waals surface area contributed by atoms with E-state index in [2.05, 4.69) is 25.7 Å². The number of hydrogen-bond donors (Lipinski definition) is 2. The Morgan fingerprint density at radius 3 is 2.36 bits per heavy atom. The molecule has 0 aromatic heterocycles. The summed E-state index contributed by atoms with van der Waals surface area (Å²) < 4.78 is 0. The molecule has 0 fully saturated rings. The molecule has 0 aromatic carbocycles. The quantitative estimate of drug-likeness (QED) is 0.652. The Hall–Kier alpha value is -0.120. The molecule has 0 heterocycles. The first-order chi connectivity index (χ1) is 6.46. The summed E-state index contributed by atoms with van der Waals surface area (Å²) in [5.74, 6) is 0. The SMILES string of the molecule is CCCN(CC)C(C)CC(C)(O)CN. The van der Waals surface area contributed by atoms with Crippen LogP contribution >= 0.6 is 0 Å². The first kappa shape index (κ1) is 13.9. The van der Waals surface area contributed by atoms with Gasteiger partial charge in [-0.3, -0.25) is 0 Å². The normalized spacial score (nSPS) is 18.2. The lowest BCUT2D eigenvalue weighted by atomic mass is 9.97. The zero-order valence-electron chi connectivity index (χ0n) is 10.1. The van der Waals surface area contributed by atoms with Crippen molar-refractivity contribution in [2.24, 2.45) is 5.73 Å². The summed E-state index contributed by atoms with van der Waals surface area (Å²) in [7, 11) is 0. The summed E-state index contributed by atoms with van der Waals surface area (Å²) in [5, 5.41) is 9.85. The average molecular weight is 202 g/mol. The molecular formula is C11H26N2O. The first-order valence-electron chi connectivity index (χ1n) is 5.63. The Bertz CT molecular complexity index is 148. The molecule has 0 aliphatic carbocycles.